The molecule has 1 aliphatic heterocycles. The molecule has 1 aromatic carbocycles. The molecule has 2 rings (SSSR count). The number of benzene rings is 1. The molecule has 0 amide bonds. The van der Waals surface area contributed by atoms with Crippen molar-refractivity contribution < 1.29 is 4.18 Å². The monoisotopic (exact) mass is 187 g/mol. The first-order valence-electron chi connectivity index (χ1n) is 3.56. The van der Waals surface area contributed by atoms with Crippen LogP contribution in [-0.4, -0.2) is 0 Å². The van der Waals surface area contributed by atoms with Crippen LogP contribution >= 0.6 is 12.2 Å². The molecule has 0 bridgehead atoms. The second-order valence-electron chi connectivity index (χ2n) is 2.42. The van der Waals surface area contributed by atoms with Crippen molar-refractivity contribution >= 4 is 17.9 Å². The van der Waals surface area contributed by atoms with Gasteiger partial charge in [0.05, 0.1) is 11.1 Å². The second kappa shape index (κ2) is 2.97. The summed E-state index contributed by atoms with van der Waals surface area (Å²) in [6.45, 7) is 0. The third-order valence-electron chi connectivity index (χ3n) is 1.74. The van der Waals surface area contributed by atoms with Gasteiger partial charge in [-0.2, -0.15) is 0 Å². The Morgan fingerprint density at radius 1 is 1.23 bits per heavy atom. The number of terminal acetylenes is 2. The molecule has 0 radical (unpaired) electrons. The molecule has 0 saturated carbocycles. The third kappa shape index (κ3) is 1.11. The standard InChI is InChI=1S/C10H5NOS/c1-3-7-5-6-8(4-2)10-9(7)11-13-12-10/h1-2,5-6,11H. The largest absolute Gasteiger partial charge is 0.402 e. The van der Waals surface area contributed by atoms with E-state index >= 15 is 0 Å². The fraction of sp³-hybridized carbons (Fsp3) is 0. The molecule has 0 atom stereocenters. The highest BCUT2D eigenvalue weighted by molar-refractivity contribution is 7.96. The molecule has 1 N–H and O–H groups in total. The van der Waals surface area contributed by atoms with E-state index in [9.17, 15) is 0 Å². The number of fused-ring (bicyclic) bond motifs is 1. The van der Waals surface area contributed by atoms with E-state index in [1.165, 1.54) is 0 Å². The van der Waals surface area contributed by atoms with Gasteiger partial charge in [-0.25, -0.2) is 0 Å². The van der Waals surface area contributed by atoms with Gasteiger partial charge in [0.25, 0.3) is 0 Å². The van der Waals surface area contributed by atoms with Gasteiger partial charge in [0, 0.05) is 0 Å². The van der Waals surface area contributed by atoms with Crippen molar-refractivity contribution in [1.82, 2.24) is 0 Å². The van der Waals surface area contributed by atoms with Crippen molar-refractivity contribution in [1.29, 1.82) is 0 Å². The Hall–Kier alpha value is -1.71. The van der Waals surface area contributed by atoms with Crippen LogP contribution in [0.15, 0.2) is 12.1 Å². The summed E-state index contributed by atoms with van der Waals surface area (Å²) >= 11 is 1.12. The molecule has 1 aromatic rings. The molecule has 0 unspecified atom stereocenters. The van der Waals surface area contributed by atoms with Gasteiger partial charge in [0.2, 0.25) is 0 Å². The number of hydrogen-bond donors (Lipinski definition) is 1. The van der Waals surface area contributed by atoms with Crippen LogP contribution in [0.2, 0.25) is 0 Å². The molecule has 2 nitrogen and oxygen atoms in total. The van der Waals surface area contributed by atoms with Crippen molar-refractivity contribution in [2.75, 3.05) is 4.72 Å². The van der Waals surface area contributed by atoms with Gasteiger partial charge in [0.15, 0.2) is 18.0 Å². The molecule has 0 saturated heterocycles. The van der Waals surface area contributed by atoms with Crippen LogP contribution < -0.4 is 8.91 Å². The summed E-state index contributed by atoms with van der Waals surface area (Å²) in [6, 6.07) is 3.58. The van der Waals surface area contributed by atoms with Gasteiger partial charge in [0.1, 0.15) is 5.69 Å². The summed E-state index contributed by atoms with van der Waals surface area (Å²) < 4.78 is 8.18. The van der Waals surface area contributed by atoms with Gasteiger partial charge in [-0.05, 0) is 12.1 Å². The van der Waals surface area contributed by atoms with Crippen molar-refractivity contribution in [3.63, 3.8) is 0 Å². The molecular formula is C10H5NOS. The minimum absolute atomic E-state index is 0.656. The van der Waals surface area contributed by atoms with E-state index in [0.717, 1.165) is 23.5 Å². The summed E-state index contributed by atoms with van der Waals surface area (Å²) in [6.07, 6.45) is 10.6. The maximum Gasteiger partial charge on any atom is 0.180 e. The van der Waals surface area contributed by atoms with E-state index in [4.69, 9.17) is 17.0 Å². The lowest BCUT2D eigenvalue weighted by Crippen LogP contribution is -1.85. The highest BCUT2D eigenvalue weighted by atomic mass is 32.2. The Morgan fingerprint density at radius 2 is 1.92 bits per heavy atom. The van der Waals surface area contributed by atoms with E-state index in [2.05, 4.69) is 16.6 Å². The molecule has 62 valence electrons. The van der Waals surface area contributed by atoms with Crippen molar-refractivity contribution in [3.8, 4) is 30.4 Å². The highest BCUT2D eigenvalue weighted by Crippen LogP contribution is 2.40. The number of hydrogen-bond acceptors (Lipinski definition) is 3. The summed E-state index contributed by atoms with van der Waals surface area (Å²) in [4.78, 5) is 0. The SMILES string of the molecule is C#Cc1ccc(C#C)c2c1NSO2. The normalized spacial score (nSPS) is 11.8. The minimum atomic E-state index is 0.656. The third-order valence-corrected chi connectivity index (χ3v) is 2.27. The maximum absolute atomic E-state index is 5.31. The zero-order valence-electron chi connectivity index (χ0n) is 6.63. The number of rotatable bonds is 0. The highest BCUT2D eigenvalue weighted by Gasteiger charge is 2.19. The van der Waals surface area contributed by atoms with Gasteiger partial charge >= 0.3 is 0 Å². The van der Waals surface area contributed by atoms with E-state index in [1.54, 1.807) is 12.1 Å². The molecule has 0 fully saturated rings. The maximum atomic E-state index is 5.31. The van der Waals surface area contributed by atoms with E-state index in [1.807, 2.05) is 0 Å². The van der Waals surface area contributed by atoms with E-state index in [-0.39, 0.29) is 0 Å². The predicted molar refractivity (Wildman–Crippen MR) is 54.2 cm³/mol. The Morgan fingerprint density at radius 3 is 2.62 bits per heavy atom. The number of anilines is 1. The van der Waals surface area contributed by atoms with Gasteiger partial charge in [-0.1, -0.05) is 11.8 Å². The average Bonchev–Trinajstić information content (AvgIpc) is 2.64. The van der Waals surface area contributed by atoms with Crippen LogP contribution in [0.3, 0.4) is 0 Å². The van der Waals surface area contributed by atoms with Crippen LogP contribution in [0.25, 0.3) is 0 Å². The van der Waals surface area contributed by atoms with Crippen LogP contribution in [-0.2, 0) is 0 Å². The van der Waals surface area contributed by atoms with E-state index in [0.29, 0.717) is 11.3 Å². The lowest BCUT2D eigenvalue weighted by atomic mass is 10.1. The van der Waals surface area contributed by atoms with Crippen LogP contribution in [0.5, 0.6) is 5.75 Å². The molecule has 0 aromatic heterocycles. The molecule has 0 aliphatic carbocycles. The Balaban J connectivity index is 2.69. The lowest BCUT2D eigenvalue weighted by molar-refractivity contribution is 0.663. The Kier molecular flexibility index (Phi) is 1.81. The fourth-order valence-corrected chi connectivity index (χ4v) is 1.69. The molecule has 13 heavy (non-hydrogen) atoms. The molecule has 0 spiro atoms. The first kappa shape index (κ1) is 7.91. The summed E-state index contributed by atoms with van der Waals surface area (Å²) in [5.41, 5.74) is 2.27. The summed E-state index contributed by atoms with van der Waals surface area (Å²) in [5.74, 6) is 5.74. The van der Waals surface area contributed by atoms with Crippen molar-refractivity contribution in [2.45, 2.75) is 0 Å². The zero-order chi connectivity index (χ0) is 9.26. The van der Waals surface area contributed by atoms with Crippen LogP contribution in [0.1, 0.15) is 11.1 Å². The van der Waals surface area contributed by atoms with E-state index < -0.39 is 0 Å². The fourth-order valence-electron chi connectivity index (χ4n) is 1.11. The molecular weight excluding hydrogens is 182 g/mol. The summed E-state index contributed by atoms with van der Waals surface area (Å²) in [5, 5.41) is 0. The molecule has 1 aliphatic rings. The first-order valence-corrected chi connectivity index (χ1v) is 4.30. The molecule has 3 heteroatoms. The Bertz CT molecular complexity index is 398. The second-order valence-corrected chi connectivity index (χ2v) is 2.96. The van der Waals surface area contributed by atoms with Crippen molar-refractivity contribution in [2.24, 2.45) is 0 Å². The minimum Gasteiger partial charge on any atom is -0.402 e. The predicted octanol–water partition coefficient (Wildman–Crippen LogP) is 2.02. The van der Waals surface area contributed by atoms with Crippen LogP contribution in [0, 0.1) is 24.7 Å². The quantitative estimate of drug-likeness (QED) is 0.381. The smallest absolute Gasteiger partial charge is 0.180 e. The summed E-state index contributed by atoms with van der Waals surface area (Å²) in [7, 11) is 0. The van der Waals surface area contributed by atoms with Gasteiger partial charge < -0.3 is 4.18 Å². The van der Waals surface area contributed by atoms with Gasteiger partial charge in [-0.3, -0.25) is 4.72 Å². The lowest BCUT2D eigenvalue weighted by Gasteiger charge is -2.00. The average molecular weight is 187 g/mol. The Labute approximate surface area is 81.0 Å². The molecule has 1 heterocycles. The number of nitrogens with one attached hydrogen (secondary N) is 1. The topological polar surface area (TPSA) is 21.3 Å². The zero-order valence-corrected chi connectivity index (χ0v) is 7.44. The van der Waals surface area contributed by atoms with Crippen molar-refractivity contribution in [3.05, 3.63) is 23.3 Å². The van der Waals surface area contributed by atoms with Gasteiger partial charge in [-0.15, -0.1) is 12.8 Å². The van der Waals surface area contributed by atoms with Crippen LogP contribution in [0.4, 0.5) is 5.69 Å². The first-order chi connectivity index (χ1) is 6.36.